The van der Waals surface area contributed by atoms with Crippen molar-refractivity contribution in [1.29, 1.82) is 0 Å². The van der Waals surface area contributed by atoms with Gasteiger partial charge in [-0.15, -0.1) is 6.58 Å². The molecule has 2 aromatic rings. The highest BCUT2D eigenvalue weighted by molar-refractivity contribution is 6.01. The van der Waals surface area contributed by atoms with Crippen LogP contribution in [-0.4, -0.2) is 52.9 Å². The van der Waals surface area contributed by atoms with E-state index in [0.29, 0.717) is 48.4 Å². The average Bonchev–Trinajstić information content (AvgIpc) is 3.35. The number of carbonyl (C=O) groups excluding carboxylic acids is 1. The number of carbonyl (C=O) groups is 1. The second kappa shape index (κ2) is 13.5. The van der Waals surface area contributed by atoms with E-state index < -0.39 is 23.2 Å². The van der Waals surface area contributed by atoms with Gasteiger partial charge in [-0.3, -0.25) is 10.2 Å². The van der Waals surface area contributed by atoms with Crippen molar-refractivity contribution >= 4 is 17.5 Å². The van der Waals surface area contributed by atoms with Crippen LogP contribution in [0, 0.1) is 0 Å². The average molecular weight is 549 g/mol. The smallest absolute Gasteiger partial charge is 0.266 e. The van der Waals surface area contributed by atoms with Crippen LogP contribution in [0.5, 0.6) is 5.75 Å². The van der Waals surface area contributed by atoms with E-state index in [0.717, 1.165) is 19.3 Å². The molecule has 40 heavy (non-hydrogen) atoms. The van der Waals surface area contributed by atoms with Gasteiger partial charge in [-0.05, 0) is 42.6 Å². The topological polar surface area (TPSA) is 161 Å². The normalized spacial score (nSPS) is 21.4. The summed E-state index contributed by atoms with van der Waals surface area (Å²) in [5.74, 6) is 0.401. The molecule has 212 valence electrons. The second-order valence-corrected chi connectivity index (χ2v) is 10.1. The van der Waals surface area contributed by atoms with E-state index in [4.69, 9.17) is 25.1 Å². The zero-order valence-electron chi connectivity index (χ0n) is 22.5. The lowest BCUT2D eigenvalue weighted by Crippen LogP contribution is -2.55. The van der Waals surface area contributed by atoms with Crippen LogP contribution in [0.3, 0.4) is 0 Å². The summed E-state index contributed by atoms with van der Waals surface area (Å²) in [6.45, 7) is 4.50. The third kappa shape index (κ3) is 6.63. The minimum Gasteiger partial charge on any atom is -0.494 e. The lowest BCUT2D eigenvalue weighted by Gasteiger charge is -2.34. The first-order valence-corrected chi connectivity index (χ1v) is 13.6. The molecule has 1 aliphatic heterocycles. The zero-order chi connectivity index (χ0) is 28.4. The molecule has 2 atom stereocenters. The summed E-state index contributed by atoms with van der Waals surface area (Å²) in [5, 5.41) is 23.7. The van der Waals surface area contributed by atoms with Crippen LogP contribution in [0.4, 0.5) is 5.69 Å². The number of rotatable bonds is 13. The number of azide groups is 1. The number of amides is 1. The fraction of sp³-hybridized carbons (Fsp3) is 0.448. The number of hydrazine groups is 1. The molecular weight excluding hydrogens is 512 g/mol. The molecule has 1 amide bonds. The molecule has 1 saturated carbocycles. The van der Waals surface area contributed by atoms with Gasteiger partial charge < -0.3 is 19.7 Å². The summed E-state index contributed by atoms with van der Waals surface area (Å²) in [6.07, 6.45) is 5.64. The molecule has 0 aromatic heterocycles. The molecule has 2 aromatic carbocycles. The Morgan fingerprint density at radius 2 is 1.98 bits per heavy atom. The van der Waals surface area contributed by atoms with E-state index >= 15 is 0 Å². The quantitative estimate of drug-likeness (QED) is 0.0718. The van der Waals surface area contributed by atoms with E-state index in [2.05, 4.69) is 27.5 Å². The van der Waals surface area contributed by atoms with Crippen LogP contribution in [-0.2, 0) is 9.53 Å². The van der Waals surface area contributed by atoms with E-state index in [-0.39, 0.29) is 25.5 Å². The molecule has 0 unspecified atom stereocenters. The Hall–Kier alpha value is -3.89. The molecule has 0 spiro atoms. The molecule has 0 saturated heterocycles. The van der Waals surface area contributed by atoms with Crippen LogP contribution >= 0.6 is 0 Å². The molecule has 1 aliphatic carbocycles. The van der Waals surface area contributed by atoms with Gasteiger partial charge in [0.2, 0.25) is 5.90 Å². The van der Waals surface area contributed by atoms with Crippen LogP contribution in [0.1, 0.15) is 62.2 Å². The van der Waals surface area contributed by atoms with Crippen LogP contribution in [0.15, 0.2) is 71.3 Å². The van der Waals surface area contributed by atoms with Crippen molar-refractivity contribution in [3.63, 3.8) is 0 Å². The van der Waals surface area contributed by atoms with Gasteiger partial charge in [0, 0.05) is 47.7 Å². The van der Waals surface area contributed by atoms with Crippen molar-refractivity contribution in [1.82, 2.24) is 10.9 Å². The first-order chi connectivity index (χ1) is 19.4. The van der Waals surface area contributed by atoms with Crippen molar-refractivity contribution in [3.8, 4) is 5.75 Å². The molecule has 2 aliphatic rings. The number of nitrogens with one attached hydrogen (secondary N) is 2. The number of aliphatic hydroxyl groups is 2. The van der Waals surface area contributed by atoms with Gasteiger partial charge in [-0.1, -0.05) is 54.7 Å². The predicted octanol–water partition coefficient (Wildman–Crippen LogP) is 4.54. The van der Waals surface area contributed by atoms with Gasteiger partial charge in [0.1, 0.15) is 5.75 Å². The Kier molecular flexibility index (Phi) is 9.79. The monoisotopic (exact) mass is 548 g/mol. The van der Waals surface area contributed by atoms with Gasteiger partial charge >= 0.3 is 0 Å². The molecular formula is C29H36N6O5. The predicted molar refractivity (Wildman–Crippen MR) is 151 cm³/mol. The maximum atomic E-state index is 13.9. The third-order valence-electron chi connectivity index (χ3n) is 7.26. The van der Waals surface area contributed by atoms with Gasteiger partial charge in [-0.25, -0.2) is 10.4 Å². The summed E-state index contributed by atoms with van der Waals surface area (Å²) in [6, 6.07) is 14.0. The number of benzene rings is 2. The fourth-order valence-electron chi connectivity index (χ4n) is 5.14. The molecule has 0 radical (unpaired) electrons. The molecule has 1 fully saturated rings. The first kappa shape index (κ1) is 29.1. The highest BCUT2D eigenvalue weighted by Gasteiger charge is 2.53. The van der Waals surface area contributed by atoms with Gasteiger partial charge in [-0.2, -0.15) is 0 Å². The van der Waals surface area contributed by atoms with Crippen molar-refractivity contribution < 1.29 is 24.5 Å². The highest BCUT2D eigenvalue weighted by Crippen LogP contribution is 2.45. The van der Waals surface area contributed by atoms with E-state index in [1.807, 2.05) is 0 Å². The van der Waals surface area contributed by atoms with Crippen molar-refractivity contribution in [2.75, 3.05) is 19.8 Å². The number of hydrogen-bond donors (Lipinski definition) is 4. The summed E-state index contributed by atoms with van der Waals surface area (Å²) in [4.78, 5) is 21.7. The maximum Gasteiger partial charge on any atom is 0.266 e. The van der Waals surface area contributed by atoms with Crippen molar-refractivity contribution in [2.45, 2.75) is 62.2 Å². The van der Waals surface area contributed by atoms with Crippen LogP contribution in [0.2, 0.25) is 0 Å². The molecule has 4 N–H and O–H groups in total. The molecule has 1 heterocycles. The van der Waals surface area contributed by atoms with E-state index in [1.165, 1.54) is 0 Å². The number of ether oxygens (including phenoxy) is 2. The van der Waals surface area contributed by atoms with Gasteiger partial charge in [0.15, 0.2) is 11.6 Å². The summed E-state index contributed by atoms with van der Waals surface area (Å²) >= 11 is 0. The van der Waals surface area contributed by atoms with Crippen LogP contribution in [0.25, 0.3) is 10.4 Å². The van der Waals surface area contributed by atoms with E-state index in [9.17, 15) is 9.90 Å². The Bertz CT molecular complexity index is 1250. The Balaban J connectivity index is 1.65. The van der Waals surface area contributed by atoms with E-state index in [1.54, 1.807) is 54.6 Å². The number of hydrogen-bond acceptors (Lipinski definition) is 8. The Morgan fingerprint density at radius 1 is 1.23 bits per heavy atom. The number of aliphatic imine (C=N–C) groups is 1. The zero-order valence-corrected chi connectivity index (χ0v) is 22.5. The molecule has 11 heteroatoms. The van der Waals surface area contributed by atoms with Crippen molar-refractivity contribution in [2.24, 2.45) is 10.1 Å². The van der Waals surface area contributed by atoms with Crippen molar-refractivity contribution in [3.05, 3.63) is 82.8 Å². The summed E-state index contributed by atoms with van der Waals surface area (Å²) in [5.41, 5.74) is 13.9. The lowest BCUT2D eigenvalue weighted by molar-refractivity contribution is -0.130. The molecule has 0 bridgehead atoms. The van der Waals surface area contributed by atoms with Gasteiger partial charge in [0.25, 0.3) is 5.91 Å². The SMILES string of the molecule is C=CC[C@]1(C(=O)NNCC2(O)CCCCC2)N=C(c2ccc(OCCCO)cc2)O[C@H]1c1ccccc1N=[N+]=[N-]. The van der Waals surface area contributed by atoms with Crippen LogP contribution < -0.4 is 15.6 Å². The maximum absolute atomic E-state index is 13.9. The summed E-state index contributed by atoms with van der Waals surface area (Å²) < 4.78 is 12.0. The number of nitrogens with zero attached hydrogens (tertiary/aromatic N) is 4. The number of aliphatic hydroxyl groups excluding tert-OH is 1. The standard InChI is InChI=1S/C29H36N6O5/c1-2-15-29(27(37)34-31-20-28(38)16-6-3-7-17-28)25(23-9-4-5-10-24(23)33-35-30)40-26(32-29)21-11-13-22(14-12-21)39-19-8-18-36/h2,4-5,9-14,25,31,36,38H,1,3,6-8,15-20H2,(H,34,37)/t25-,29-/m0/s1. The summed E-state index contributed by atoms with van der Waals surface area (Å²) in [7, 11) is 0. The first-order valence-electron chi connectivity index (χ1n) is 13.6. The minimum absolute atomic E-state index is 0.0447. The second-order valence-electron chi connectivity index (χ2n) is 10.1. The largest absolute Gasteiger partial charge is 0.494 e. The molecule has 11 nitrogen and oxygen atoms in total. The lowest BCUT2D eigenvalue weighted by atomic mass is 9.84. The fourth-order valence-corrected chi connectivity index (χ4v) is 5.14. The highest BCUT2D eigenvalue weighted by atomic mass is 16.5. The molecule has 4 rings (SSSR count). The van der Waals surface area contributed by atoms with Gasteiger partial charge in [0.05, 0.1) is 12.2 Å². The Labute approximate surface area is 233 Å². The Morgan fingerprint density at radius 3 is 2.67 bits per heavy atom. The third-order valence-corrected chi connectivity index (χ3v) is 7.26. The minimum atomic E-state index is -1.48.